The first-order chi connectivity index (χ1) is 8.58. The van der Waals surface area contributed by atoms with Crippen LogP contribution in [0.25, 0.3) is 0 Å². The number of nitrogens with one attached hydrogen (secondary N) is 1. The molecule has 18 heavy (non-hydrogen) atoms. The maximum atomic E-state index is 11.9. The molecule has 0 saturated heterocycles. The van der Waals surface area contributed by atoms with Gasteiger partial charge in [-0.05, 0) is 25.0 Å². The van der Waals surface area contributed by atoms with Crippen molar-refractivity contribution in [3.05, 3.63) is 38.9 Å². The van der Waals surface area contributed by atoms with Crippen molar-refractivity contribution in [2.45, 2.75) is 31.7 Å². The Kier molecular flexibility index (Phi) is 3.81. The zero-order valence-electron chi connectivity index (χ0n) is 9.69. The number of nitro groups is 1. The number of nitro benzene ring substituents is 1. The number of hydrogen-bond donors (Lipinski definition) is 1. The Morgan fingerprint density at radius 3 is 2.67 bits per heavy atom. The Labute approximate surface area is 109 Å². The van der Waals surface area contributed by atoms with Gasteiger partial charge in [0.1, 0.15) is 5.02 Å². The maximum absolute atomic E-state index is 11.9. The van der Waals surface area contributed by atoms with Gasteiger partial charge in [-0.3, -0.25) is 14.9 Å². The maximum Gasteiger partial charge on any atom is 0.288 e. The molecule has 1 saturated carbocycles. The molecule has 1 N–H and O–H groups in total. The first kappa shape index (κ1) is 12.8. The molecule has 0 atom stereocenters. The van der Waals surface area contributed by atoms with Crippen LogP contribution in [0.4, 0.5) is 5.69 Å². The number of nitrogens with zero attached hydrogens (tertiary/aromatic N) is 1. The first-order valence-electron chi connectivity index (χ1n) is 5.83. The van der Waals surface area contributed by atoms with Crippen LogP contribution in [0.1, 0.15) is 36.0 Å². The van der Waals surface area contributed by atoms with Crippen LogP contribution in [0.3, 0.4) is 0 Å². The molecule has 0 spiro atoms. The highest BCUT2D eigenvalue weighted by molar-refractivity contribution is 6.32. The molecule has 96 valence electrons. The summed E-state index contributed by atoms with van der Waals surface area (Å²) >= 11 is 5.69. The molecule has 1 aromatic rings. The molecular weight excluding hydrogens is 256 g/mol. The molecule has 2 rings (SSSR count). The molecule has 1 amide bonds. The highest BCUT2D eigenvalue weighted by atomic mass is 35.5. The summed E-state index contributed by atoms with van der Waals surface area (Å²) in [6.07, 6.45) is 4.18. The van der Waals surface area contributed by atoms with Crippen molar-refractivity contribution in [1.29, 1.82) is 0 Å². The largest absolute Gasteiger partial charge is 0.349 e. The predicted molar refractivity (Wildman–Crippen MR) is 67.8 cm³/mol. The van der Waals surface area contributed by atoms with Crippen molar-refractivity contribution in [1.82, 2.24) is 5.32 Å². The molecule has 5 nitrogen and oxygen atoms in total. The number of amides is 1. The van der Waals surface area contributed by atoms with Gasteiger partial charge in [0.25, 0.3) is 11.6 Å². The number of rotatable bonds is 3. The fourth-order valence-electron chi connectivity index (χ4n) is 2.13. The first-order valence-corrected chi connectivity index (χ1v) is 6.20. The van der Waals surface area contributed by atoms with E-state index in [-0.39, 0.29) is 28.2 Å². The second kappa shape index (κ2) is 5.35. The van der Waals surface area contributed by atoms with Crippen LogP contribution in [0.2, 0.25) is 5.02 Å². The van der Waals surface area contributed by atoms with Crippen molar-refractivity contribution in [2.24, 2.45) is 0 Å². The van der Waals surface area contributed by atoms with Gasteiger partial charge in [-0.1, -0.05) is 24.4 Å². The van der Waals surface area contributed by atoms with Gasteiger partial charge in [-0.25, -0.2) is 0 Å². The van der Waals surface area contributed by atoms with Gasteiger partial charge >= 0.3 is 0 Å². The third-order valence-electron chi connectivity index (χ3n) is 3.10. The molecule has 1 aliphatic rings. The molecule has 0 aliphatic heterocycles. The lowest BCUT2D eigenvalue weighted by Gasteiger charge is -2.11. The second-order valence-electron chi connectivity index (χ2n) is 4.38. The summed E-state index contributed by atoms with van der Waals surface area (Å²) < 4.78 is 0. The molecule has 0 unspecified atom stereocenters. The molecule has 0 aromatic heterocycles. The lowest BCUT2D eigenvalue weighted by Crippen LogP contribution is -2.32. The van der Waals surface area contributed by atoms with E-state index in [0.717, 1.165) is 25.7 Å². The van der Waals surface area contributed by atoms with Gasteiger partial charge < -0.3 is 5.32 Å². The van der Waals surface area contributed by atoms with Crippen molar-refractivity contribution in [3.63, 3.8) is 0 Å². The summed E-state index contributed by atoms with van der Waals surface area (Å²) in [5.41, 5.74) is 0.0359. The third kappa shape index (κ3) is 2.79. The van der Waals surface area contributed by atoms with Crippen molar-refractivity contribution >= 4 is 23.2 Å². The fraction of sp³-hybridized carbons (Fsp3) is 0.417. The topological polar surface area (TPSA) is 72.2 Å². The molecule has 1 aromatic carbocycles. The van der Waals surface area contributed by atoms with Crippen LogP contribution in [0.5, 0.6) is 0 Å². The smallest absolute Gasteiger partial charge is 0.288 e. The van der Waals surface area contributed by atoms with E-state index in [2.05, 4.69) is 5.32 Å². The number of carbonyl (C=O) groups is 1. The van der Waals surface area contributed by atoms with E-state index >= 15 is 0 Å². The standard InChI is InChI=1S/C12H13ClN2O3/c13-10-6-5-8(7-11(10)15(17)18)12(16)14-9-3-1-2-4-9/h5-7,9H,1-4H2,(H,14,16). The van der Waals surface area contributed by atoms with Crippen LogP contribution in [0.15, 0.2) is 18.2 Å². The molecule has 0 bridgehead atoms. The Morgan fingerprint density at radius 2 is 2.06 bits per heavy atom. The van der Waals surface area contributed by atoms with Gasteiger partial charge in [-0.2, -0.15) is 0 Å². The predicted octanol–water partition coefficient (Wildman–Crippen LogP) is 2.92. The van der Waals surface area contributed by atoms with Crippen LogP contribution in [-0.4, -0.2) is 16.9 Å². The van der Waals surface area contributed by atoms with E-state index < -0.39 is 4.92 Å². The highest BCUT2D eigenvalue weighted by Gasteiger charge is 2.20. The van der Waals surface area contributed by atoms with E-state index in [4.69, 9.17) is 11.6 Å². The molecule has 1 fully saturated rings. The van der Waals surface area contributed by atoms with Crippen molar-refractivity contribution < 1.29 is 9.72 Å². The highest BCUT2D eigenvalue weighted by Crippen LogP contribution is 2.25. The quantitative estimate of drug-likeness (QED) is 0.677. The Hall–Kier alpha value is -1.62. The van der Waals surface area contributed by atoms with E-state index in [0.29, 0.717) is 0 Å². The van der Waals surface area contributed by atoms with Crippen molar-refractivity contribution in [2.75, 3.05) is 0 Å². The van der Waals surface area contributed by atoms with E-state index in [1.807, 2.05) is 0 Å². The van der Waals surface area contributed by atoms with Crippen LogP contribution in [0, 0.1) is 10.1 Å². The van der Waals surface area contributed by atoms with Crippen LogP contribution < -0.4 is 5.32 Å². The van der Waals surface area contributed by atoms with Gasteiger partial charge in [0.15, 0.2) is 0 Å². The summed E-state index contributed by atoms with van der Waals surface area (Å²) in [5, 5.41) is 13.6. The van der Waals surface area contributed by atoms with E-state index in [1.165, 1.54) is 18.2 Å². The lowest BCUT2D eigenvalue weighted by molar-refractivity contribution is -0.384. The molecule has 1 aliphatic carbocycles. The summed E-state index contributed by atoms with van der Waals surface area (Å²) in [5.74, 6) is -0.276. The van der Waals surface area contributed by atoms with Crippen molar-refractivity contribution in [3.8, 4) is 0 Å². The normalized spacial score (nSPS) is 15.6. The third-order valence-corrected chi connectivity index (χ3v) is 3.42. The van der Waals surface area contributed by atoms with Crippen LogP contribution in [-0.2, 0) is 0 Å². The number of hydrogen-bond acceptors (Lipinski definition) is 3. The summed E-state index contributed by atoms with van der Waals surface area (Å²) in [4.78, 5) is 22.1. The van der Waals surface area contributed by atoms with Gasteiger partial charge in [0.2, 0.25) is 0 Å². The average molecular weight is 269 g/mol. The zero-order valence-corrected chi connectivity index (χ0v) is 10.4. The molecule has 6 heteroatoms. The number of carbonyl (C=O) groups excluding carboxylic acids is 1. The summed E-state index contributed by atoms with van der Waals surface area (Å²) in [6, 6.07) is 4.28. The number of benzene rings is 1. The Bertz CT molecular complexity index is 484. The minimum Gasteiger partial charge on any atom is -0.349 e. The minimum absolute atomic E-state index is 0.0393. The SMILES string of the molecule is O=C(NC1CCCC1)c1ccc(Cl)c([N+](=O)[O-])c1. The average Bonchev–Trinajstić information content (AvgIpc) is 2.81. The molecular formula is C12H13ClN2O3. The van der Waals surface area contributed by atoms with Gasteiger partial charge in [-0.15, -0.1) is 0 Å². The van der Waals surface area contributed by atoms with Gasteiger partial charge in [0, 0.05) is 17.7 Å². The van der Waals surface area contributed by atoms with E-state index in [1.54, 1.807) is 0 Å². The molecule has 0 heterocycles. The fourth-order valence-corrected chi connectivity index (χ4v) is 2.32. The lowest BCUT2D eigenvalue weighted by atomic mass is 10.1. The zero-order chi connectivity index (χ0) is 13.1. The molecule has 0 radical (unpaired) electrons. The Morgan fingerprint density at radius 1 is 1.39 bits per heavy atom. The Balaban J connectivity index is 2.14. The summed E-state index contributed by atoms with van der Waals surface area (Å²) in [7, 11) is 0. The summed E-state index contributed by atoms with van der Waals surface area (Å²) in [6.45, 7) is 0. The monoisotopic (exact) mass is 268 g/mol. The van der Waals surface area contributed by atoms with Crippen LogP contribution >= 0.6 is 11.6 Å². The van der Waals surface area contributed by atoms with Gasteiger partial charge in [0.05, 0.1) is 4.92 Å². The van der Waals surface area contributed by atoms with E-state index in [9.17, 15) is 14.9 Å². The second-order valence-corrected chi connectivity index (χ2v) is 4.79. The number of halogens is 1. The minimum atomic E-state index is -0.589.